The van der Waals surface area contributed by atoms with Crippen LogP contribution in [0.4, 0.5) is 15.8 Å². The van der Waals surface area contributed by atoms with Gasteiger partial charge < -0.3 is 19.5 Å². The van der Waals surface area contributed by atoms with E-state index in [4.69, 9.17) is 4.74 Å². The molecule has 2 aromatic heterocycles. The predicted molar refractivity (Wildman–Crippen MR) is 123 cm³/mol. The van der Waals surface area contributed by atoms with Gasteiger partial charge in [0.2, 0.25) is 17.7 Å². The molecule has 2 aromatic carbocycles. The molecule has 0 aliphatic carbocycles. The van der Waals surface area contributed by atoms with Crippen molar-refractivity contribution in [2.45, 2.75) is 6.42 Å². The molecule has 1 aliphatic rings. The Morgan fingerprint density at radius 3 is 2.50 bits per heavy atom. The highest BCUT2D eigenvalue weighted by Crippen LogP contribution is 2.27. The van der Waals surface area contributed by atoms with Crippen molar-refractivity contribution in [1.29, 1.82) is 0 Å². The van der Waals surface area contributed by atoms with Gasteiger partial charge in [-0.25, -0.2) is 14.4 Å². The van der Waals surface area contributed by atoms with Crippen molar-refractivity contribution in [2.75, 3.05) is 16.8 Å². The van der Waals surface area contributed by atoms with Gasteiger partial charge in [0.15, 0.2) is 0 Å². The third-order valence-electron chi connectivity index (χ3n) is 5.47. The fourth-order valence-electron chi connectivity index (χ4n) is 3.74. The predicted octanol–water partition coefficient (Wildman–Crippen LogP) is 4.19. The second-order valence-corrected chi connectivity index (χ2v) is 7.80. The third-order valence-corrected chi connectivity index (χ3v) is 5.47. The van der Waals surface area contributed by atoms with E-state index in [1.54, 1.807) is 30.3 Å². The Kier molecular flexibility index (Phi) is 5.73. The zero-order valence-electron chi connectivity index (χ0n) is 18.0. The number of anilines is 2. The lowest BCUT2D eigenvalue weighted by molar-refractivity contribution is -0.122. The maximum absolute atomic E-state index is 13.2. The van der Waals surface area contributed by atoms with Crippen LogP contribution in [0.2, 0.25) is 0 Å². The van der Waals surface area contributed by atoms with Crippen LogP contribution in [-0.2, 0) is 9.59 Å². The molecular formula is C25H20FN5O3. The highest BCUT2D eigenvalue weighted by Gasteiger charge is 2.35. The van der Waals surface area contributed by atoms with E-state index in [0.717, 1.165) is 0 Å². The molecule has 0 radical (unpaired) electrons. The number of benzene rings is 2. The summed E-state index contributed by atoms with van der Waals surface area (Å²) in [6, 6.07) is 18.1. The number of carbonyl (C=O) groups excluding carboxylic acids is 2. The molecule has 1 unspecified atom stereocenters. The van der Waals surface area contributed by atoms with Gasteiger partial charge >= 0.3 is 0 Å². The summed E-state index contributed by atoms with van der Waals surface area (Å²) in [5.74, 6) is 0.326. The van der Waals surface area contributed by atoms with Crippen LogP contribution in [0.15, 0.2) is 85.5 Å². The number of amides is 2. The summed E-state index contributed by atoms with van der Waals surface area (Å²) in [6.45, 7) is 0.245. The number of hydrogen-bond donors (Lipinski definition) is 1. The van der Waals surface area contributed by atoms with Crippen molar-refractivity contribution in [2.24, 2.45) is 5.92 Å². The van der Waals surface area contributed by atoms with Crippen LogP contribution in [-0.4, -0.2) is 32.9 Å². The Balaban J connectivity index is 1.20. The molecule has 0 saturated carbocycles. The molecule has 8 nitrogen and oxygen atoms in total. The first kappa shape index (κ1) is 21.3. The first-order valence-corrected chi connectivity index (χ1v) is 10.7. The molecule has 4 aromatic rings. The number of ether oxygens (including phenoxy) is 1. The lowest BCUT2D eigenvalue weighted by Crippen LogP contribution is -2.28. The van der Waals surface area contributed by atoms with E-state index < -0.39 is 5.92 Å². The topological polar surface area (TPSA) is 89.3 Å². The molecule has 1 atom stereocenters. The quantitative estimate of drug-likeness (QED) is 0.469. The van der Waals surface area contributed by atoms with Crippen molar-refractivity contribution in [3.63, 3.8) is 0 Å². The van der Waals surface area contributed by atoms with Crippen LogP contribution in [0.5, 0.6) is 11.6 Å². The monoisotopic (exact) mass is 457 g/mol. The molecule has 3 heterocycles. The van der Waals surface area contributed by atoms with Crippen LogP contribution in [0.1, 0.15) is 6.42 Å². The average molecular weight is 457 g/mol. The van der Waals surface area contributed by atoms with Gasteiger partial charge in [-0.3, -0.25) is 9.59 Å². The third kappa shape index (κ3) is 4.63. The Morgan fingerprint density at radius 1 is 1.03 bits per heavy atom. The van der Waals surface area contributed by atoms with Crippen LogP contribution in [0.3, 0.4) is 0 Å². The van der Waals surface area contributed by atoms with Crippen LogP contribution in [0.25, 0.3) is 5.82 Å². The molecule has 1 saturated heterocycles. The van der Waals surface area contributed by atoms with E-state index in [1.807, 2.05) is 29.1 Å². The minimum absolute atomic E-state index is 0.0991. The molecule has 9 heteroatoms. The van der Waals surface area contributed by atoms with E-state index in [0.29, 0.717) is 28.8 Å². The Labute approximate surface area is 194 Å². The zero-order chi connectivity index (χ0) is 23.5. The van der Waals surface area contributed by atoms with Gasteiger partial charge in [-0.05, 0) is 60.7 Å². The van der Waals surface area contributed by atoms with Crippen LogP contribution < -0.4 is 15.0 Å². The van der Waals surface area contributed by atoms with Crippen molar-refractivity contribution >= 4 is 23.2 Å². The normalized spacial score (nSPS) is 15.4. The molecule has 5 rings (SSSR count). The molecular weight excluding hydrogens is 437 g/mol. The summed E-state index contributed by atoms with van der Waals surface area (Å²) in [5.41, 5.74) is 1.16. The van der Waals surface area contributed by atoms with Gasteiger partial charge in [0.25, 0.3) is 0 Å². The van der Waals surface area contributed by atoms with Crippen molar-refractivity contribution < 1.29 is 18.7 Å². The van der Waals surface area contributed by atoms with Gasteiger partial charge in [-0.1, -0.05) is 0 Å². The maximum Gasteiger partial charge on any atom is 0.229 e. The number of hydrogen-bond acceptors (Lipinski definition) is 5. The number of halogens is 1. The van der Waals surface area contributed by atoms with Gasteiger partial charge in [-0.2, -0.15) is 0 Å². The minimum Gasteiger partial charge on any atom is -0.439 e. The molecule has 1 fully saturated rings. The summed E-state index contributed by atoms with van der Waals surface area (Å²) in [7, 11) is 0. The summed E-state index contributed by atoms with van der Waals surface area (Å²) in [6.07, 6.45) is 5.28. The maximum atomic E-state index is 13.2. The smallest absolute Gasteiger partial charge is 0.229 e. The SMILES string of the molecule is O=C(Nc1ccc(Oc2cc(-n3cccc3)ncn2)cc1)C1CC(=O)N(c2ccc(F)cc2)C1. The molecule has 0 spiro atoms. The lowest BCUT2D eigenvalue weighted by Gasteiger charge is -2.16. The largest absolute Gasteiger partial charge is 0.439 e. The molecule has 34 heavy (non-hydrogen) atoms. The van der Waals surface area contributed by atoms with Crippen molar-refractivity contribution in [3.05, 3.63) is 91.3 Å². The summed E-state index contributed by atoms with van der Waals surface area (Å²) < 4.78 is 20.8. The standard InChI is InChI=1S/C25H20FN5O3/c26-18-3-7-20(8-4-18)31-15-17(13-24(31)32)25(33)29-19-5-9-21(10-6-19)34-23-14-22(27-16-28-23)30-11-1-2-12-30/h1-12,14,16-17H,13,15H2,(H,29,33). The van der Waals surface area contributed by atoms with Gasteiger partial charge in [0.05, 0.1) is 5.92 Å². The van der Waals surface area contributed by atoms with Crippen molar-refractivity contribution in [1.82, 2.24) is 14.5 Å². The number of rotatable bonds is 6. The van der Waals surface area contributed by atoms with E-state index >= 15 is 0 Å². The highest BCUT2D eigenvalue weighted by atomic mass is 19.1. The van der Waals surface area contributed by atoms with Gasteiger partial charge in [-0.15, -0.1) is 0 Å². The number of aromatic nitrogens is 3. The fraction of sp³-hybridized carbons (Fsp3) is 0.120. The molecule has 1 N–H and O–H groups in total. The summed E-state index contributed by atoms with van der Waals surface area (Å²) >= 11 is 0. The van der Waals surface area contributed by atoms with E-state index in [1.165, 1.54) is 35.5 Å². The van der Waals surface area contributed by atoms with Crippen LogP contribution >= 0.6 is 0 Å². The molecule has 1 aliphatic heterocycles. The lowest BCUT2D eigenvalue weighted by atomic mass is 10.1. The first-order valence-electron chi connectivity index (χ1n) is 10.7. The average Bonchev–Trinajstić information content (AvgIpc) is 3.52. The van der Waals surface area contributed by atoms with E-state index in [-0.39, 0.29) is 30.6 Å². The molecule has 2 amide bonds. The zero-order valence-corrected chi connectivity index (χ0v) is 18.0. The summed E-state index contributed by atoms with van der Waals surface area (Å²) in [4.78, 5) is 34.9. The van der Waals surface area contributed by atoms with Gasteiger partial charge in [0.1, 0.15) is 23.7 Å². The molecule has 170 valence electrons. The Morgan fingerprint density at radius 2 is 1.76 bits per heavy atom. The second kappa shape index (κ2) is 9.14. The number of carbonyl (C=O) groups is 2. The Bertz CT molecular complexity index is 1310. The van der Waals surface area contributed by atoms with Crippen molar-refractivity contribution in [3.8, 4) is 17.4 Å². The fourth-order valence-corrected chi connectivity index (χ4v) is 3.74. The summed E-state index contributed by atoms with van der Waals surface area (Å²) in [5, 5.41) is 2.84. The van der Waals surface area contributed by atoms with E-state index in [2.05, 4.69) is 15.3 Å². The highest BCUT2D eigenvalue weighted by molar-refractivity contribution is 6.03. The van der Waals surface area contributed by atoms with E-state index in [9.17, 15) is 14.0 Å². The minimum atomic E-state index is -0.499. The van der Waals surface area contributed by atoms with Crippen LogP contribution in [0, 0.1) is 11.7 Å². The second-order valence-electron chi connectivity index (χ2n) is 7.80. The number of nitrogens with zero attached hydrogens (tertiary/aromatic N) is 4. The van der Waals surface area contributed by atoms with Gasteiger partial charge in [0, 0.05) is 42.8 Å². The first-order chi connectivity index (χ1) is 16.5. The number of nitrogens with one attached hydrogen (secondary N) is 1. The Hall–Kier alpha value is -4.53. The molecule has 0 bridgehead atoms.